The number of hydrogen-bond donors (Lipinski definition) is 1. The maximum Gasteiger partial charge on any atom is 0.177 e. The van der Waals surface area contributed by atoms with Crippen LogP contribution < -0.4 is 0 Å². The molecule has 1 aromatic rings. The number of carbonyl (C=O) groups is 1. The van der Waals surface area contributed by atoms with Gasteiger partial charge in [0.1, 0.15) is 5.75 Å². The fraction of sp³-hybridized carbons (Fsp3) is 0.125. The third kappa shape index (κ3) is 2.36. The van der Waals surface area contributed by atoms with Gasteiger partial charge < -0.3 is 5.11 Å². The average molecular weight is 284 g/mol. The van der Waals surface area contributed by atoms with Crippen LogP contribution in [0.5, 0.6) is 5.75 Å². The number of rotatable bonds is 2. The van der Waals surface area contributed by atoms with Crippen LogP contribution in [0.15, 0.2) is 16.6 Å². The Morgan fingerprint density at radius 2 is 2.15 bits per heavy atom. The summed E-state index contributed by atoms with van der Waals surface area (Å²) in [7, 11) is 0. The summed E-state index contributed by atoms with van der Waals surface area (Å²) >= 11 is 14.1. The molecule has 5 heteroatoms. The molecule has 2 nitrogen and oxygen atoms in total. The zero-order valence-electron chi connectivity index (χ0n) is 6.35. The van der Waals surface area contributed by atoms with E-state index in [4.69, 9.17) is 23.2 Å². The highest BCUT2D eigenvalue weighted by atomic mass is 79.9. The van der Waals surface area contributed by atoms with Crippen LogP contribution in [0.25, 0.3) is 0 Å². The minimum atomic E-state index is -0.255. The average Bonchev–Trinajstić information content (AvgIpc) is 2.12. The molecule has 1 aromatic carbocycles. The molecule has 0 atom stereocenters. The van der Waals surface area contributed by atoms with Gasteiger partial charge in [0.15, 0.2) is 5.78 Å². The first kappa shape index (κ1) is 10.8. The lowest BCUT2D eigenvalue weighted by Gasteiger charge is -2.02. The normalized spacial score (nSPS) is 10.1. The van der Waals surface area contributed by atoms with Crippen LogP contribution in [0.4, 0.5) is 0 Å². The summed E-state index contributed by atoms with van der Waals surface area (Å²) < 4.78 is 0.475. The number of phenolic OH excluding ortho intramolecular Hbond substituents is 1. The van der Waals surface area contributed by atoms with Crippen molar-refractivity contribution in [1.29, 1.82) is 0 Å². The third-order valence-electron chi connectivity index (χ3n) is 1.45. The predicted molar refractivity (Wildman–Crippen MR) is 55.9 cm³/mol. The van der Waals surface area contributed by atoms with E-state index in [2.05, 4.69) is 15.9 Å². The van der Waals surface area contributed by atoms with Gasteiger partial charge in [-0.15, -0.1) is 11.6 Å². The van der Waals surface area contributed by atoms with Crippen LogP contribution in [0.1, 0.15) is 10.4 Å². The first-order chi connectivity index (χ1) is 6.06. The number of alkyl halides is 1. The third-order valence-corrected chi connectivity index (χ3v) is 2.95. The maximum atomic E-state index is 11.1. The number of ketones is 1. The number of phenols is 1. The van der Waals surface area contributed by atoms with Crippen molar-refractivity contribution in [3.63, 3.8) is 0 Å². The van der Waals surface area contributed by atoms with Crippen molar-refractivity contribution in [3.05, 3.63) is 27.2 Å². The summed E-state index contributed by atoms with van der Waals surface area (Å²) in [5.74, 6) is -0.508. The Morgan fingerprint density at radius 3 is 2.62 bits per heavy atom. The van der Waals surface area contributed by atoms with Gasteiger partial charge in [-0.25, -0.2) is 0 Å². The molecule has 0 aliphatic rings. The maximum absolute atomic E-state index is 11.1. The van der Waals surface area contributed by atoms with Gasteiger partial charge in [-0.3, -0.25) is 4.79 Å². The monoisotopic (exact) mass is 282 g/mol. The quantitative estimate of drug-likeness (QED) is 0.668. The zero-order chi connectivity index (χ0) is 10.0. The zero-order valence-corrected chi connectivity index (χ0v) is 9.45. The SMILES string of the molecule is O=C(CCl)c1cc(O)c(Cl)c(Br)c1. The Balaban J connectivity index is 3.20. The Hall–Kier alpha value is -0.250. The molecule has 1 N–H and O–H groups in total. The smallest absolute Gasteiger partial charge is 0.177 e. The van der Waals surface area contributed by atoms with Crippen LogP contribution >= 0.6 is 39.1 Å². The lowest BCUT2D eigenvalue weighted by molar-refractivity contribution is 0.102. The molecule has 0 aliphatic carbocycles. The van der Waals surface area contributed by atoms with E-state index in [1.165, 1.54) is 12.1 Å². The molecule has 0 aromatic heterocycles. The second-order valence-corrected chi connectivity index (χ2v) is 3.85. The van der Waals surface area contributed by atoms with Crippen LogP contribution in [-0.2, 0) is 0 Å². The van der Waals surface area contributed by atoms with E-state index in [9.17, 15) is 9.90 Å². The Labute approximate surface area is 93.6 Å². The van der Waals surface area contributed by atoms with Crippen LogP contribution in [0, 0.1) is 0 Å². The highest BCUT2D eigenvalue weighted by Gasteiger charge is 2.10. The molecule has 1 rings (SSSR count). The molecule has 0 fully saturated rings. The predicted octanol–water partition coefficient (Wildman–Crippen LogP) is 3.23. The number of aromatic hydroxyl groups is 1. The second kappa shape index (κ2) is 4.31. The molecule has 0 bridgehead atoms. The number of benzene rings is 1. The van der Waals surface area contributed by atoms with Gasteiger partial charge >= 0.3 is 0 Å². The summed E-state index contributed by atoms with van der Waals surface area (Å²) in [5.41, 5.74) is 0.337. The van der Waals surface area contributed by atoms with Crippen LogP contribution in [-0.4, -0.2) is 16.8 Å². The second-order valence-electron chi connectivity index (χ2n) is 2.35. The van der Waals surface area contributed by atoms with E-state index in [0.29, 0.717) is 10.0 Å². The first-order valence-corrected chi connectivity index (χ1v) is 5.04. The van der Waals surface area contributed by atoms with Gasteiger partial charge in [0.25, 0.3) is 0 Å². The fourth-order valence-electron chi connectivity index (χ4n) is 0.813. The lowest BCUT2D eigenvalue weighted by atomic mass is 10.1. The molecule has 0 spiro atoms. The van der Waals surface area contributed by atoms with E-state index in [-0.39, 0.29) is 22.4 Å². The van der Waals surface area contributed by atoms with Crippen molar-refractivity contribution < 1.29 is 9.90 Å². The van der Waals surface area contributed by atoms with Gasteiger partial charge in [0.2, 0.25) is 0 Å². The standard InChI is InChI=1S/C8H5BrCl2O2/c9-5-1-4(7(13)3-10)2-6(12)8(5)11/h1-2,12H,3H2. The highest BCUT2D eigenvalue weighted by Crippen LogP contribution is 2.32. The topological polar surface area (TPSA) is 37.3 Å². The molecule has 13 heavy (non-hydrogen) atoms. The van der Waals surface area contributed by atoms with E-state index < -0.39 is 0 Å². The van der Waals surface area contributed by atoms with Crippen molar-refractivity contribution in [2.45, 2.75) is 0 Å². The number of carbonyl (C=O) groups excluding carboxylic acids is 1. The van der Waals surface area contributed by atoms with E-state index in [0.717, 1.165) is 0 Å². The number of Topliss-reactive ketones (excluding diaryl/α,β-unsaturated/α-hetero) is 1. The first-order valence-electron chi connectivity index (χ1n) is 3.33. The van der Waals surface area contributed by atoms with Crippen molar-refractivity contribution in [1.82, 2.24) is 0 Å². The molecule has 0 amide bonds. The molecule has 0 radical (unpaired) electrons. The van der Waals surface area contributed by atoms with E-state index in [1.54, 1.807) is 0 Å². The Bertz CT molecular complexity index is 329. The van der Waals surface area contributed by atoms with Gasteiger partial charge in [-0.2, -0.15) is 0 Å². The summed E-state index contributed by atoms with van der Waals surface area (Å²) in [4.78, 5) is 11.1. The van der Waals surface area contributed by atoms with Gasteiger partial charge in [0.05, 0.1) is 10.9 Å². The van der Waals surface area contributed by atoms with Crippen molar-refractivity contribution >= 4 is 44.9 Å². The summed E-state index contributed by atoms with van der Waals surface area (Å²) in [5, 5.41) is 9.45. The van der Waals surface area contributed by atoms with Crippen molar-refractivity contribution in [2.75, 3.05) is 5.88 Å². The number of hydrogen-bond acceptors (Lipinski definition) is 2. The van der Waals surface area contributed by atoms with Gasteiger partial charge in [-0.05, 0) is 28.1 Å². The van der Waals surface area contributed by atoms with Gasteiger partial charge in [0, 0.05) is 10.0 Å². The summed E-state index contributed by atoms with van der Waals surface area (Å²) in [6.45, 7) is 0. The van der Waals surface area contributed by atoms with E-state index in [1.807, 2.05) is 0 Å². The minimum Gasteiger partial charge on any atom is -0.506 e. The van der Waals surface area contributed by atoms with Crippen molar-refractivity contribution in [2.24, 2.45) is 0 Å². The highest BCUT2D eigenvalue weighted by molar-refractivity contribution is 9.10. The molecule has 0 saturated heterocycles. The fourth-order valence-corrected chi connectivity index (χ4v) is 1.53. The minimum absolute atomic E-state index is 0.118. The lowest BCUT2D eigenvalue weighted by Crippen LogP contribution is -1.99. The van der Waals surface area contributed by atoms with E-state index >= 15 is 0 Å². The molecule has 0 unspecified atom stereocenters. The Kier molecular flexibility index (Phi) is 3.59. The number of halogens is 3. The largest absolute Gasteiger partial charge is 0.506 e. The molecule has 0 saturated carbocycles. The summed E-state index contributed by atoms with van der Waals surface area (Å²) in [6, 6.07) is 2.81. The van der Waals surface area contributed by atoms with Gasteiger partial charge in [-0.1, -0.05) is 11.6 Å². The van der Waals surface area contributed by atoms with Crippen LogP contribution in [0.2, 0.25) is 5.02 Å². The molecular formula is C8H5BrCl2O2. The molecule has 70 valence electrons. The van der Waals surface area contributed by atoms with Crippen molar-refractivity contribution in [3.8, 4) is 5.75 Å². The van der Waals surface area contributed by atoms with Crippen LogP contribution in [0.3, 0.4) is 0 Å². The Morgan fingerprint density at radius 1 is 1.54 bits per heavy atom. The summed E-state index contributed by atoms with van der Waals surface area (Å²) in [6.07, 6.45) is 0. The molecule has 0 aliphatic heterocycles. The molecule has 0 heterocycles. The molecular weight excluding hydrogens is 279 g/mol.